The molecule has 0 bridgehead atoms. The minimum atomic E-state index is -0.586. The Morgan fingerprint density at radius 1 is 1.17 bits per heavy atom. The molecule has 0 atom stereocenters. The highest BCUT2D eigenvalue weighted by atomic mass is 35.5. The first kappa shape index (κ1) is 14.3. The highest BCUT2D eigenvalue weighted by Gasteiger charge is 2.15. The van der Waals surface area contributed by atoms with Gasteiger partial charge >= 0.3 is 5.97 Å². The van der Waals surface area contributed by atoms with Gasteiger partial charge in [-0.1, -0.05) is 23.7 Å². The Labute approximate surface area is 111 Å². The van der Waals surface area contributed by atoms with Crippen LogP contribution >= 0.6 is 11.6 Å². The summed E-state index contributed by atoms with van der Waals surface area (Å²) < 4.78 is 4.64. The van der Waals surface area contributed by atoms with Gasteiger partial charge in [0.25, 0.3) is 0 Å². The lowest BCUT2D eigenvalue weighted by atomic mass is 10.1. The van der Waals surface area contributed by atoms with Gasteiger partial charge in [-0.05, 0) is 30.2 Å². The third-order valence-electron chi connectivity index (χ3n) is 2.34. The molecule has 0 aliphatic heterocycles. The molecule has 1 rings (SSSR count). The van der Waals surface area contributed by atoms with E-state index in [4.69, 9.17) is 11.6 Å². The smallest absolute Gasteiger partial charge is 0.354 e. The summed E-state index contributed by atoms with van der Waals surface area (Å²) in [6, 6.07) is 6.96. The Morgan fingerprint density at radius 3 is 2.17 bits per heavy atom. The first-order valence-electron chi connectivity index (χ1n) is 5.28. The summed E-state index contributed by atoms with van der Waals surface area (Å²) in [4.78, 5) is 22.7. The molecule has 0 radical (unpaired) electrons. The zero-order valence-corrected chi connectivity index (χ0v) is 11.2. The molecule has 0 unspecified atom stereocenters. The Kier molecular flexibility index (Phi) is 4.92. The van der Waals surface area contributed by atoms with Gasteiger partial charge in [0.1, 0.15) is 5.70 Å². The average molecular weight is 268 g/mol. The van der Waals surface area contributed by atoms with Gasteiger partial charge in [-0.25, -0.2) is 4.79 Å². The van der Waals surface area contributed by atoms with Gasteiger partial charge in [-0.2, -0.15) is 0 Å². The second-order valence-corrected chi connectivity index (χ2v) is 4.12. The number of hydrogen-bond donors (Lipinski definition) is 1. The number of rotatable bonds is 3. The minimum absolute atomic E-state index is 0.132. The summed E-state index contributed by atoms with van der Waals surface area (Å²) in [5, 5.41) is 3.08. The molecule has 18 heavy (non-hydrogen) atoms. The number of methoxy groups -OCH3 is 1. The van der Waals surface area contributed by atoms with Crippen LogP contribution in [0.25, 0.3) is 5.57 Å². The van der Waals surface area contributed by atoms with Crippen LogP contribution in [0.1, 0.15) is 19.4 Å². The minimum Gasteiger partial charge on any atom is -0.464 e. The topological polar surface area (TPSA) is 55.4 Å². The summed E-state index contributed by atoms with van der Waals surface area (Å²) in [6.07, 6.45) is 0. The number of ether oxygens (including phenoxy) is 1. The second kappa shape index (κ2) is 6.21. The van der Waals surface area contributed by atoms with Crippen LogP contribution < -0.4 is 5.32 Å². The maximum atomic E-state index is 11.6. The molecule has 1 N–H and O–H groups in total. The number of carbonyl (C=O) groups is 2. The number of allylic oxidation sites excluding steroid dienone is 1. The predicted octanol–water partition coefficient (Wildman–Crippen LogP) is 2.38. The predicted molar refractivity (Wildman–Crippen MR) is 69.9 cm³/mol. The number of benzene rings is 1. The van der Waals surface area contributed by atoms with Crippen LogP contribution in [0.3, 0.4) is 0 Å². The van der Waals surface area contributed by atoms with Crippen molar-refractivity contribution < 1.29 is 14.3 Å². The molecule has 0 fully saturated rings. The zero-order valence-electron chi connectivity index (χ0n) is 10.4. The third kappa shape index (κ3) is 3.60. The van der Waals surface area contributed by atoms with E-state index in [-0.39, 0.29) is 11.6 Å². The van der Waals surface area contributed by atoms with E-state index in [0.717, 1.165) is 5.56 Å². The van der Waals surface area contributed by atoms with E-state index < -0.39 is 5.97 Å². The molecule has 96 valence electrons. The molecular formula is C13H14ClNO3. The van der Waals surface area contributed by atoms with E-state index >= 15 is 0 Å². The van der Waals surface area contributed by atoms with Crippen molar-refractivity contribution >= 4 is 29.1 Å². The molecule has 0 saturated carbocycles. The molecule has 0 spiro atoms. The molecule has 1 aromatic rings. The van der Waals surface area contributed by atoms with Crippen molar-refractivity contribution in [2.45, 2.75) is 13.8 Å². The van der Waals surface area contributed by atoms with E-state index in [0.29, 0.717) is 10.6 Å². The number of hydrogen-bond acceptors (Lipinski definition) is 3. The zero-order chi connectivity index (χ0) is 13.7. The molecule has 0 aromatic heterocycles. The van der Waals surface area contributed by atoms with E-state index in [1.54, 1.807) is 31.2 Å². The lowest BCUT2D eigenvalue weighted by Crippen LogP contribution is -2.26. The summed E-state index contributed by atoms with van der Waals surface area (Å²) in [7, 11) is 1.26. The highest BCUT2D eigenvalue weighted by molar-refractivity contribution is 6.30. The van der Waals surface area contributed by atoms with Crippen molar-refractivity contribution in [3.63, 3.8) is 0 Å². The van der Waals surface area contributed by atoms with Crippen molar-refractivity contribution in [1.29, 1.82) is 0 Å². The molecule has 4 nitrogen and oxygen atoms in total. The van der Waals surface area contributed by atoms with Crippen LogP contribution in [-0.2, 0) is 14.3 Å². The Hall–Kier alpha value is -1.81. The standard InChI is InChI=1S/C13H14ClNO3/c1-8(10-4-6-11(14)7-5-10)12(13(17)18-3)15-9(2)16/h4-7H,1-3H3,(H,15,16). The molecule has 0 aliphatic carbocycles. The Bertz CT molecular complexity index is 491. The average Bonchev–Trinajstić information content (AvgIpc) is 2.35. The fourth-order valence-corrected chi connectivity index (χ4v) is 1.55. The first-order chi connectivity index (χ1) is 8.45. The fraction of sp³-hybridized carbons (Fsp3) is 0.231. The number of halogens is 1. The van der Waals surface area contributed by atoms with Gasteiger partial charge in [0.05, 0.1) is 7.11 Å². The summed E-state index contributed by atoms with van der Waals surface area (Å²) in [5.41, 5.74) is 1.54. The maximum absolute atomic E-state index is 11.6. The van der Waals surface area contributed by atoms with Crippen LogP contribution in [0.2, 0.25) is 5.02 Å². The fourth-order valence-electron chi connectivity index (χ4n) is 1.42. The van der Waals surface area contributed by atoms with Crippen molar-refractivity contribution in [3.05, 3.63) is 40.5 Å². The van der Waals surface area contributed by atoms with Crippen LogP contribution in [0.4, 0.5) is 0 Å². The highest BCUT2D eigenvalue weighted by Crippen LogP contribution is 2.20. The van der Waals surface area contributed by atoms with Crippen molar-refractivity contribution in [2.75, 3.05) is 7.11 Å². The van der Waals surface area contributed by atoms with Crippen LogP contribution in [0.5, 0.6) is 0 Å². The number of esters is 1. The normalized spacial score (nSPS) is 11.6. The second-order valence-electron chi connectivity index (χ2n) is 3.68. The quantitative estimate of drug-likeness (QED) is 0.676. The first-order valence-corrected chi connectivity index (χ1v) is 5.66. The molecule has 1 amide bonds. The third-order valence-corrected chi connectivity index (χ3v) is 2.59. The SMILES string of the molecule is COC(=O)C(NC(C)=O)=C(C)c1ccc(Cl)cc1. The van der Waals surface area contributed by atoms with Gasteiger partial charge in [-0.15, -0.1) is 0 Å². The van der Waals surface area contributed by atoms with Crippen molar-refractivity contribution in [3.8, 4) is 0 Å². The number of amides is 1. The van der Waals surface area contributed by atoms with Gasteiger partial charge in [0.2, 0.25) is 5.91 Å². The van der Waals surface area contributed by atoms with Gasteiger partial charge < -0.3 is 10.1 Å². The lowest BCUT2D eigenvalue weighted by Gasteiger charge is -2.11. The molecule has 0 aliphatic rings. The monoisotopic (exact) mass is 267 g/mol. The van der Waals surface area contributed by atoms with Gasteiger partial charge in [0, 0.05) is 11.9 Å². The van der Waals surface area contributed by atoms with E-state index in [2.05, 4.69) is 10.1 Å². The van der Waals surface area contributed by atoms with E-state index in [1.807, 2.05) is 0 Å². The van der Waals surface area contributed by atoms with E-state index in [1.165, 1.54) is 14.0 Å². The molecule has 0 saturated heterocycles. The Morgan fingerprint density at radius 2 is 1.72 bits per heavy atom. The molecular weight excluding hydrogens is 254 g/mol. The van der Waals surface area contributed by atoms with Gasteiger partial charge in [0.15, 0.2) is 0 Å². The van der Waals surface area contributed by atoms with E-state index in [9.17, 15) is 9.59 Å². The van der Waals surface area contributed by atoms with Gasteiger partial charge in [-0.3, -0.25) is 4.79 Å². The Balaban J connectivity index is 3.21. The van der Waals surface area contributed by atoms with Crippen LogP contribution in [0.15, 0.2) is 30.0 Å². The maximum Gasteiger partial charge on any atom is 0.354 e. The van der Waals surface area contributed by atoms with Crippen molar-refractivity contribution in [1.82, 2.24) is 5.32 Å². The summed E-state index contributed by atoms with van der Waals surface area (Å²) >= 11 is 5.79. The lowest BCUT2D eigenvalue weighted by molar-refractivity contribution is -0.137. The summed E-state index contributed by atoms with van der Waals surface area (Å²) in [5.74, 6) is -0.915. The largest absolute Gasteiger partial charge is 0.464 e. The van der Waals surface area contributed by atoms with Crippen LogP contribution in [0, 0.1) is 0 Å². The summed E-state index contributed by atoms with van der Waals surface area (Å²) in [6.45, 7) is 3.06. The van der Waals surface area contributed by atoms with Crippen LogP contribution in [-0.4, -0.2) is 19.0 Å². The molecule has 0 heterocycles. The molecule has 5 heteroatoms. The number of carbonyl (C=O) groups excluding carboxylic acids is 2. The molecule has 1 aromatic carbocycles. The number of nitrogens with one attached hydrogen (secondary N) is 1. The van der Waals surface area contributed by atoms with Crippen molar-refractivity contribution in [2.24, 2.45) is 0 Å².